The number of ether oxygens (including phenoxy) is 2. The summed E-state index contributed by atoms with van der Waals surface area (Å²) in [4.78, 5) is 10.7. The van der Waals surface area contributed by atoms with E-state index >= 15 is 0 Å². The highest BCUT2D eigenvalue weighted by molar-refractivity contribution is 5.88. The van der Waals surface area contributed by atoms with Crippen LogP contribution in [0.15, 0.2) is 0 Å². The van der Waals surface area contributed by atoms with Crippen molar-refractivity contribution in [1.82, 2.24) is 0 Å². The van der Waals surface area contributed by atoms with Gasteiger partial charge in [0.15, 0.2) is 0 Å². The van der Waals surface area contributed by atoms with E-state index in [0.29, 0.717) is 19.8 Å². The number of esters is 1. The van der Waals surface area contributed by atoms with Crippen molar-refractivity contribution in [3.63, 3.8) is 0 Å². The molecule has 0 spiro atoms. The van der Waals surface area contributed by atoms with Gasteiger partial charge in [-0.15, -0.1) is 12.4 Å². The Labute approximate surface area is 83.2 Å². The first kappa shape index (κ1) is 12.2. The van der Waals surface area contributed by atoms with Crippen LogP contribution in [0.1, 0.15) is 6.92 Å². The molecule has 0 unspecified atom stereocenters. The molecule has 5 heteroatoms. The van der Waals surface area contributed by atoms with Crippen LogP contribution in [-0.2, 0) is 14.3 Å². The van der Waals surface area contributed by atoms with Crippen LogP contribution < -0.4 is 5.73 Å². The highest BCUT2D eigenvalue weighted by atomic mass is 35.5. The van der Waals surface area contributed by atoms with Gasteiger partial charge in [-0.2, -0.15) is 0 Å². The van der Waals surface area contributed by atoms with Crippen molar-refractivity contribution in [3.05, 3.63) is 0 Å². The Morgan fingerprint density at radius 2 is 2.31 bits per heavy atom. The summed E-state index contributed by atoms with van der Waals surface area (Å²) in [5.41, 5.74) is 5.01. The van der Waals surface area contributed by atoms with E-state index in [9.17, 15) is 4.79 Å². The fourth-order valence-corrected chi connectivity index (χ4v) is 0.737. The fourth-order valence-electron chi connectivity index (χ4n) is 0.737. The summed E-state index contributed by atoms with van der Waals surface area (Å²) in [5.74, 6) is 4.39. The predicted molar refractivity (Wildman–Crippen MR) is 49.4 cm³/mol. The van der Waals surface area contributed by atoms with Crippen LogP contribution >= 0.6 is 12.4 Å². The van der Waals surface area contributed by atoms with Gasteiger partial charge in [0.2, 0.25) is 0 Å². The molecule has 0 aromatic heterocycles. The average Bonchev–Trinajstić information content (AvgIpc) is 1.98. The van der Waals surface area contributed by atoms with Crippen molar-refractivity contribution in [1.29, 1.82) is 0 Å². The highest BCUT2D eigenvalue weighted by Crippen LogP contribution is 2.10. The number of nitrogens with two attached hydrogens (primary N) is 1. The summed E-state index contributed by atoms with van der Waals surface area (Å²) in [6, 6.07) is 0. The van der Waals surface area contributed by atoms with Crippen molar-refractivity contribution in [2.24, 2.45) is 5.73 Å². The second-order valence-corrected chi connectivity index (χ2v) is 2.62. The lowest BCUT2D eigenvalue weighted by molar-refractivity contribution is -0.136. The van der Waals surface area contributed by atoms with E-state index in [-0.39, 0.29) is 12.4 Å². The monoisotopic (exact) mass is 205 g/mol. The average molecular weight is 206 g/mol. The summed E-state index contributed by atoms with van der Waals surface area (Å²) < 4.78 is 9.45. The van der Waals surface area contributed by atoms with Gasteiger partial charge in [0.1, 0.15) is 5.54 Å². The molecule has 13 heavy (non-hydrogen) atoms. The molecule has 0 radical (unpaired) electrons. The maximum atomic E-state index is 10.7. The van der Waals surface area contributed by atoms with E-state index in [1.807, 2.05) is 0 Å². The molecule has 0 aromatic rings. The quantitative estimate of drug-likeness (QED) is 0.363. The zero-order valence-electron chi connectivity index (χ0n) is 7.33. The maximum Gasteiger partial charge on any atom is 0.384 e. The van der Waals surface area contributed by atoms with Crippen LogP contribution in [0.2, 0.25) is 0 Å². The van der Waals surface area contributed by atoms with Crippen molar-refractivity contribution in [3.8, 4) is 11.8 Å². The third kappa shape index (κ3) is 3.64. The fraction of sp³-hybridized carbons (Fsp3) is 0.625. The van der Waals surface area contributed by atoms with Gasteiger partial charge in [-0.1, -0.05) is 5.92 Å². The Balaban J connectivity index is 0.00000144. The van der Waals surface area contributed by atoms with Gasteiger partial charge in [-0.25, -0.2) is 4.79 Å². The molecule has 1 heterocycles. The normalized spacial score (nSPS) is 17.1. The summed E-state index contributed by atoms with van der Waals surface area (Å²) in [6.07, 6.45) is 0. The lowest BCUT2D eigenvalue weighted by Gasteiger charge is -2.32. The van der Waals surface area contributed by atoms with E-state index in [2.05, 4.69) is 16.6 Å². The Morgan fingerprint density at radius 1 is 1.69 bits per heavy atom. The van der Waals surface area contributed by atoms with Crippen molar-refractivity contribution in [2.45, 2.75) is 12.5 Å². The van der Waals surface area contributed by atoms with Crippen LogP contribution in [0.4, 0.5) is 0 Å². The van der Waals surface area contributed by atoms with Crippen molar-refractivity contribution < 1.29 is 14.3 Å². The number of hydrogen-bond acceptors (Lipinski definition) is 4. The number of carbonyl (C=O) groups excluding carboxylic acids is 1. The smallest absolute Gasteiger partial charge is 0.384 e. The van der Waals surface area contributed by atoms with Crippen LogP contribution in [0, 0.1) is 11.8 Å². The molecule has 0 aromatic carbocycles. The summed E-state index contributed by atoms with van der Waals surface area (Å²) in [7, 11) is 0. The van der Waals surface area contributed by atoms with Crippen LogP contribution in [0.25, 0.3) is 0 Å². The Morgan fingerprint density at radius 3 is 2.69 bits per heavy atom. The van der Waals surface area contributed by atoms with Gasteiger partial charge in [-0.05, 0) is 6.92 Å². The molecule has 0 aliphatic carbocycles. The zero-order chi connectivity index (χ0) is 9.03. The van der Waals surface area contributed by atoms with E-state index in [1.165, 1.54) is 0 Å². The molecule has 1 saturated heterocycles. The maximum absolute atomic E-state index is 10.7. The first-order valence-corrected chi connectivity index (χ1v) is 3.73. The second-order valence-electron chi connectivity index (χ2n) is 2.62. The minimum atomic E-state index is -0.632. The lowest BCUT2D eigenvalue weighted by Crippen LogP contribution is -2.56. The van der Waals surface area contributed by atoms with Gasteiger partial charge < -0.3 is 15.2 Å². The van der Waals surface area contributed by atoms with Gasteiger partial charge in [0.25, 0.3) is 0 Å². The molecule has 1 aliphatic heterocycles. The zero-order valence-corrected chi connectivity index (χ0v) is 8.15. The molecule has 2 N–H and O–H groups in total. The first-order valence-electron chi connectivity index (χ1n) is 3.73. The van der Waals surface area contributed by atoms with E-state index in [1.54, 1.807) is 6.92 Å². The molecule has 0 amide bonds. The molecular weight excluding hydrogens is 194 g/mol. The van der Waals surface area contributed by atoms with Gasteiger partial charge >= 0.3 is 5.97 Å². The SMILES string of the molecule is CCOC(=O)C#CC1(N)COC1.Cl. The molecular formula is C8H12ClNO3. The third-order valence-electron chi connectivity index (χ3n) is 1.41. The number of carbonyl (C=O) groups is 1. The summed E-state index contributed by atoms with van der Waals surface area (Å²) in [5, 5.41) is 0. The third-order valence-corrected chi connectivity index (χ3v) is 1.41. The molecule has 1 aliphatic rings. The van der Waals surface area contributed by atoms with E-state index in [0.717, 1.165) is 0 Å². The molecule has 74 valence electrons. The number of rotatable bonds is 1. The molecule has 1 fully saturated rings. The number of halogens is 1. The second kappa shape index (κ2) is 5.07. The van der Waals surface area contributed by atoms with Gasteiger partial charge in [0, 0.05) is 5.92 Å². The minimum Gasteiger partial charge on any atom is -0.456 e. The summed E-state index contributed by atoms with van der Waals surface area (Å²) in [6.45, 7) is 2.84. The topological polar surface area (TPSA) is 61.5 Å². The first-order chi connectivity index (χ1) is 5.66. The standard InChI is InChI=1S/C8H11NO3.ClH/c1-2-12-7(10)3-4-8(9)5-11-6-8;/h2,5-6,9H2,1H3;1H. The Hall–Kier alpha value is -0.760. The van der Waals surface area contributed by atoms with E-state index in [4.69, 9.17) is 10.5 Å². The lowest BCUT2D eigenvalue weighted by atomic mass is 10.0. The molecule has 1 rings (SSSR count). The summed E-state index contributed by atoms with van der Waals surface area (Å²) >= 11 is 0. The number of hydrogen-bond donors (Lipinski definition) is 1. The Kier molecular flexibility index (Phi) is 4.78. The van der Waals surface area contributed by atoms with E-state index < -0.39 is 11.5 Å². The molecule has 0 atom stereocenters. The highest BCUT2D eigenvalue weighted by Gasteiger charge is 2.32. The van der Waals surface area contributed by atoms with Gasteiger partial charge in [0.05, 0.1) is 19.8 Å². The van der Waals surface area contributed by atoms with Crippen molar-refractivity contribution >= 4 is 18.4 Å². The predicted octanol–water partition coefficient (Wildman–Crippen LogP) is -0.298. The minimum absolute atomic E-state index is 0. The molecule has 0 bridgehead atoms. The largest absolute Gasteiger partial charge is 0.456 e. The molecule has 4 nitrogen and oxygen atoms in total. The van der Waals surface area contributed by atoms with Gasteiger partial charge in [-0.3, -0.25) is 0 Å². The van der Waals surface area contributed by atoms with Crippen molar-refractivity contribution in [2.75, 3.05) is 19.8 Å². The Bertz CT molecular complexity index is 240. The van der Waals surface area contributed by atoms with Crippen LogP contribution in [0.3, 0.4) is 0 Å². The van der Waals surface area contributed by atoms with Crippen LogP contribution in [-0.4, -0.2) is 31.3 Å². The molecule has 0 saturated carbocycles. The van der Waals surface area contributed by atoms with Crippen LogP contribution in [0.5, 0.6) is 0 Å².